The number of esters is 1. The first-order chi connectivity index (χ1) is 20.9. The highest BCUT2D eigenvalue weighted by molar-refractivity contribution is 7.07. The first-order valence-electron chi connectivity index (χ1n) is 14.3. The molecule has 0 unspecified atom stereocenters. The number of fused-ring (bicyclic) bond motifs is 2. The molecule has 0 saturated heterocycles. The summed E-state index contributed by atoms with van der Waals surface area (Å²) in [4.78, 5) is 33.7. The van der Waals surface area contributed by atoms with Crippen LogP contribution in [0.2, 0.25) is 0 Å². The molecule has 216 valence electrons. The summed E-state index contributed by atoms with van der Waals surface area (Å²) in [5.41, 5.74) is 4.16. The van der Waals surface area contributed by atoms with Gasteiger partial charge >= 0.3 is 5.97 Å². The summed E-state index contributed by atoms with van der Waals surface area (Å²) < 4.78 is 13.7. The highest BCUT2D eigenvalue weighted by atomic mass is 32.1. The summed E-state index contributed by atoms with van der Waals surface area (Å²) in [7, 11) is 1.60. The molecule has 1 atom stereocenters. The Morgan fingerprint density at radius 1 is 0.977 bits per heavy atom. The van der Waals surface area contributed by atoms with Gasteiger partial charge in [0.05, 0.1) is 29.5 Å². The van der Waals surface area contributed by atoms with Crippen LogP contribution in [0.5, 0.6) is 5.75 Å². The van der Waals surface area contributed by atoms with Crippen LogP contribution >= 0.6 is 11.3 Å². The van der Waals surface area contributed by atoms with Gasteiger partial charge < -0.3 is 9.47 Å². The predicted molar refractivity (Wildman–Crippen MR) is 172 cm³/mol. The number of nitrogens with zero attached hydrogens (tertiary/aromatic N) is 2. The van der Waals surface area contributed by atoms with E-state index >= 15 is 0 Å². The van der Waals surface area contributed by atoms with E-state index in [0.717, 1.165) is 21.9 Å². The van der Waals surface area contributed by atoms with E-state index in [9.17, 15) is 9.59 Å². The lowest BCUT2D eigenvalue weighted by atomic mass is 9.89. The van der Waals surface area contributed by atoms with Crippen molar-refractivity contribution < 1.29 is 14.3 Å². The molecule has 1 aliphatic rings. The molecule has 2 heterocycles. The van der Waals surface area contributed by atoms with Crippen molar-refractivity contribution in [3.8, 4) is 5.75 Å². The van der Waals surface area contributed by atoms with E-state index in [1.165, 1.54) is 16.9 Å². The first-order valence-corrected chi connectivity index (χ1v) is 15.2. The smallest absolute Gasteiger partial charge is 0.338 e. The van der Waals surface area contributed by atoms with Crippen LogP contribution in [0, 0.1) is 0 Å². The number of methoxy groups -OCH3 is 1. The molecule has 6 nitrogen and oxygen atoms in total. The Kier molecular flexibility index (Phi) is 7.82. The number of ether oxygens (including phenoxy) is 2. The predicted octanol–water partition coefficient (Wildman–Crippen LogP) is 6.22. The van der Waals surface area contributed by atoms with Crippen molar-refractivity contribution in [2.24, 2.45) is 4.99 Å². The maximum Gasteiger partial charge on any atom is 0.338 e. The summed E-state index contributed by atoms with van der Waals surface area (Å²) in [5.74, 6) is 0.454. The Bertz CT molecular complexity index is 2040. The van der Waals surface area contributed by atoms with Crippen molar-refractivity contribution in [2.75, 3.05) is 13.7 Å². The van der Waals surface area contributed by atoms with Gasteiger partial charge in [0.1, 0.15) is 11.8 Å². The number of thiazole rings is 1. The minimum atomic E-state index is -0.836. The summed E-state index contributed by atoms with van der Waals surface area (Å²) >= 11 is 1.31. The van der Waals surface area contributed by atoms with Crippen molar-refractivity contribution in [1.82, 2.24) is 4.57 Å². The Hall–Kier alpha value is -4.75. The molecule has 0 saturated carbocycles. The van der Waals surface area contributed by atoms with Crippen molar-refractivity contribution in [3.63, 3.8) is 0 Å². The number of benzene rings is 4. The monoisotopic (exact) mass is 588 g/mol. The molecule has 0 radical (unpaired) electrons. The second-order valence-electron chi connectivity index (χ2n) is 10.7. The maximum absolute atomic E-state index is 14.3. The lowest BCUT2D eigenvalue weighted by Gasteiger charge is -2.28. The molecule has 0 bridgehead atoms. The number of aromatic nitrogens is 1. The van der Waals surface area contributed by atoms with Crippen LogP contribution < -0.4 is 19.6 Å². The molecule has 0 N–H and O–H groups in total. The maximum atomic E-state index is 14.3. The van der Waals surface area contributed by atoms with Gasteiger partial charge in [-0.1, -0.05) is 110 Å². The molecular weight excluding hydrogens is 556 g/mol. The van der Waals surface area contributed by atoms with Gasteiger partial charge in [0, 0.05) is 11.1 Å². The van der Waals surface area contributed by atoms with Gasteiger partial charge in [-0.2, -0.15) is 0 Å². The highest BCUT2D eigenvalue weighted by Gasteiger charge is 2.37. The van der Waals surface area contributed by atoms with E-state index in [1.54, 1.807) is 18.6 Å². The topological polar surface area (TPSA) is 69.9 Å². The molecule has 0 spiro atoms. The minimum absolute atomic E-state index is 0.181. The van der Waals surface area contributed by atoms with Gasteiger partial charge in [-0.3, -0.25) is 9.36 Å². The zero-order chi connectivity index (χ0) is 30.1. The number of hydrogen-bond donors (Lipinski definition) is 0. The summed E-state index contributed by atoms with van der Waals surface area (Å²) in [6, 6.07) is 28.7. The minimum Gasteiger partial charge on any atom is -0.496 e. The lowest BCUT2D eigenvalue weighted by molar-refractivity contribution is -0.138. The molecule has 43 heavy (non-hydrogen) atoms. The number of carbonyl (C=O) groups is 1. The third-order valence-corrected chi connectivity index (χ3v) is 8.68. The second-order valence-corrected chi connectivity index (χ2v) is 11.7. The SMILES string of the molecule is CCOC(=O)C1=C(c2ccccc2)N=c2s/c(=C\c3ccc(C(C)C)cc3)c(=O)n2[C@@H]1c1c(OC)ccc2ccccc12. The Labute approximate surface area is 253 Å². The van der Waals surface area contributed by atoms with Crippen molar-refractivity contribution in [2.45, 2.75) is 32.7 Å². The van der Waals surface area contributed by atoms with Crippen LogP contribution in [-0.2, 0) is 9.53 Å². The van der Waals surface area contributed by atoms with E-state index < -0.39 is 12.0 Å². The number of hydrogen-bond acceptors (Lipinski definition) is 6. The fourth-order valence-corrected chi connectivity index (χ4v) is 6.58. The summed E-state index contributed by atoms with van der Waals surface area (Å²) in [6.45, 7) is 6.26. The van der Waals surface area contributed by atoms with Crippen LogP contribution in [0.1, 0.15) is 55.0 Å². The zero-order valence-electron chi connectivity index (χ0n) is 24.5. The fourth-order valence-electron chi connectivity index (χ4n) is 5.58. The van der Waals surface area contributed by atoms with Gasteiger partial charge in [0.2, 0.25) is 0 Å². The normalized spacial score (nSPS) is 15.0. The number of carbonyl (C=O) groups excluding carboxylic acids is 1. The van der Waals surface area contributed by atoms with Gasteiger partial charge in [0.15, 0.2) is 4.80 Å². The van der Waals surface area contributed by atoms with Gasteiger partial charge in [-0.05, 0) is 46.9 Å². The molecule has 5 aromatic rings. The average molecular weight is 589 g/mol. The van der Waals surface area contributed by atoms with E-state index in [2.05, 4.69) is 26.0 Å². The van der Waals surface area contributed by atoms with E-state index in [0.29, 0.717) is 37.8 Å². The first kappa shape index (κ1) is 28.4. The van der Waals surface area contributed by atoms with Crippen molar-refractivity contribution >= 4 is 39.9 Å². The summed E-state index contributed by atoms with van der Waals surface area (Å²) in [5, 5.41) is 1.84. The van der Waals surface area contributed by atoms with Crippen LogP contribution in [0.3, 0.4) is 0 Å². The average Bonchev–Trinajstić information content (AvgIpc) is 3.34. The van der Waals surface area contributed by atoms with Crippen LogP contribution in [0.25, 0.3) is 22.5 Å². The lowest BCUT2D eigenvalue weighted by Crippen LogP contribution is -2.40. The molecule has 4 aromatic carbocycles. The molecular formula is C36H32N2O4S. The molecule has 6 rings (SSSR count). The molecule has 7 heteroatoms. The van der Waals surface area contributed by atoms with Crippen LogP contribution in [-0.4, -0.2) is 24.3 Å². The molecule has 1 aliphatic heterocycles. The fraction of sp³-hybridized carbons (Fsp3) is 0.194. The molecule has 0 amide bonds. The molecule has 0 aliphatic carbocycles. The third kappa shape index (κ3) is 5.21. The van der Waals surface area contributed by atoms with E-state index in [4.69, 9.17) is 14.5 Å². The highest BCUT2D eigenvalue weighted by Crippen LogP contribution is 2.42. The zero-order valence-corrected chi connectivity index (χ0v) is 25.4. The largest absolute Gasteiger partial charge is 0.496 e. The van der Waals surface area contributed by atoms with Gasteiger partial charge in [-0.25, -0.2) is 9.79 Å². The van der Waals surface area contributed by atoms with E-state index in [-0.39, 0.29) is 12.2 Å². The van der Waals surface area contributed by atoms with Gasteiger partial charge in [-0.15, -0.1) is 0 Å². The van der Waals surface area contributed by atoms with Crippen LogP contribution in [0.4, 0.5) is 0 Å². The van der Waals surface area contributed by atoms with E-state index in [1.807, 2.05) is 84.9 Å². The second kappa shape index (κ2) is 11.9. The van der Waals surface area contributed by atoms with Crippen molar-refractivity contribution in [3.05, 3.63) is 139 Å². The standard InChI is InChI=1S/C36H32N2O4S/c1-5-42-35(40)31-32(26-12-7-6-8-13-26)37-36-38(33(31)30-27-14-10-9-11-25(27)19-20-28(30)41-4)34(39)29(43-36)21-23-15-17-24(18-16-23)22(2)3/h6-22,33H,5H2,1-4H3/b29-21-/t33-/m1/s1. The third-order valence-electron chi connectivity index (χ3n) is 7.70. The summed E-state index contributed by atoms with van der Waals surface area (Å²) in [6.07, 6.45) is 1.89. The molecule has 1 aromatic heterocycles. The molecule has 0 fully saturated rings. The number of rotatable bonds is 7. The Balaban J connectivity index is 1.70. The Morgan fingerprint density at radius 3 is 2.40 bits per heavy atom. The Morgan fingerprint density at radius 2 is 1.70 bits per heavy atom. The van der Waals surface area contributed by atoms with Crippen molar-refractivity contribution in [1.29, 1.82) is 0 Å². The van der Waals surface area contributed by atoms with Gasteiger partial charge in [0.25, 0.3) is 5.56 Å². The quantitative estimate of drug-likeness (QED) is 0.212. The van der Waals surface area contributed by atoms with Crippen LogP contribution in [0.15, 0.2) is 106 Å².